The highest BCUT2D eigenvalue weighted by Gasteiger charge is 2.29. The lowest BCUT2D eigenvalue weighted by atomic mass is 10.2. The molecule has 0 unspecified atom stereocenters. The van der Waals surface area contributed by atoms with Crippen molar-refractivity contribution >= 4 is 46.4 Å². The normalized spacial score (nSPS) is 15.2. The summed E-state index contributed by atoms with van der Waals surface area (Å²) in [4.78, 5) is 47.6. The number of carbonyl (C=O) groups is 4. The second-order valence-electron chi connectivity index (χ2n) is 5.06. The molecule has 7 nitrogen and oxygen atoms in total. The molecule has 1 aromatic carbocycles. The SMILES string of the molecule is C[C@H](OC(=O)c1ccc(Cl)cc1F)C(=O)NCCN1C(=O)CSC1=O. The second-order valence-corrected chi connectivity index (χ2v) is 6.43. The van der Waals surface area contributed by atoms with Gasteiger partial charge in [0.1, 0.15) is 5.82 Å². The molecule has 0 saturated carbocycles. The molecule has 1 atom stereocenters. The van der Waals surface area contributed by atoms with Gasteiger partial charge in [-0.15, -0.1) is 0 Å². The monoisotopic (exact) mass is 388 g/mol. The third kappa shape index (κ3) is 4.93. The third-order valence-electron chi connectivity index (χ3n) is 3.28. The number of amides is 3. The summed E-state index contributed by atoms with van der Waals surface area (Å²) in [6.45, 7) is 1.38. The molecule has 1 fully saturated rings. The standard InChI is InChI=1S/C15H14ClFN2O5S/c1-8(24-14(22)10-3-2-9(16)6-11(10)17)13(21)18-4-5-19-12(20)7-25-15(19)23/h2-3,6,8H,4-5,7H2,1H3,(H,18,21)/t8-/m0/s1. The van der Waals surface area contributed by atoms with Crippen molar-refractivity contribution in [2.24, 2.45) is 0 Å². The Labute approximate surface area is 151 Å². The van der Waals surface area contributed by atoms with E-state index in [4.69, 9.17) is 16.3 Å². The lowest BCUT2D eigenvalue weighted by molar-refractivity contribution is -0.130. The van der Waals surface area contributed by atoms with Crippen molar-refractivity contribution in [3.05, 3.63) is 34.6 Å². The minimum atomic E-state index is -1.18. The minimum absolute atomic E-state index is 0.0219. The van der Waals surface area contributed by atoms with Gasteiger partial charge in [0.05, 0.1) is 11.3 Å². The van der Waals surface area contributed by atoms with Crippen LogP contribution in [0.1, 0.15) is 17.3 Å². The molecule has 0 aromatic heterocycles. The van der Waals surface area contributed by atoms with E-state index in [0.29, 0.717) is 0 Å². The summed E-state index contributed by atoms with van der Waals surface area (Å²) in [7, 11) is 0. The number of hydrogen-bond donors (Lipinski definition) is 1. The van der Waals surface area contributed by atoms with Gasteiger partial charge < -0.3 is 10.1 Å². The van der Waals surface area contributed by atoms with Gasteiger partial charge in [-0.25, -0.2) is 9.18 Å². The van der Waals surface area contributed by atoms with Crippen LogP contribution in [-0.2, 0) is 14.3 Å². The Balaban J connectivity index is 1.82. The lowest BCUT2D eigenvalue weighted by Crippen LogP contribution is -2.41. The number of thioether (sulfide) groups is 1. The van der Waals surface area contributed by atoms with E-state index in [1.165, 1.54) is 13.0 Å². The summed E-state index contributed by atoms with van der Waals surface area (Å²) in [6, 6.07) is 3.45. The lowest BCUT2D eigenvalue weighted by Gasteiger charge is -2.16. The number of esters is 1. The maximum atomic E-state index is 13.6. The summed E-state index contributed by atoms with van der Waals surface area (Å²) in [6.07, 6.45) is -1.18. The molecule has 1 N–H and O–H groups in total. The van der Waals surface area contributed by atoms with E-state index in [9.17, 15) is 23.6 Å². The molecule has 134 valence electrons. The number of ether oxygens (including phenoxy) is 1. The molecule has 0 radical (unpaired) electrons. The van der Waals surface area contributed by atoms with Gasteiger partial charge in [-0.2, -0.15) is 0 Å². The van der Waals surface area contributed by atoms with Crippen LogP contribution in [0.3, 0.4) is 0 Å². The topological polar surface area (TPSA) is 92.8 Å². The number of imide groups is 1. The highest BCUT2D eigenvalue weighted by atomic mass is 35.5. The van der Waals surface area contributed by atoms with Crippen LogP contribution >= 0.6 is 23.4 Å². The summed E-state index contributed by atoms with van der Waals surface area (Å²) >= 11 is 6.50. The Hall–Kier alpha value is -2.13. The molecule has 10 heteroatoms. The van der Waals surface area contributed by atoms with Gasteiger partial charge in [-0.05, 0) is 25.1 Å². The first kappa shape index (κ1) is 19.2. The van der Waals surface area contributed by atoms with Gasteiger partial charge >= 0.3 is 5.97 Å². The zero-order valence-electron chi connectivity index (χ0n) is 13.1. The minimum Gasteiger partial charge on any atom is -0.449 e. The fraction of sp³-hybridized carbons (Fsp3) is 0.333. The van der Waals surface area contributed by atoms with Gasteiger partial charge in [0.15, 0.2) is 6.10 Å². The van der Waals surface area contributed by atoms with Crippen molar-refractivity contribution in [2.75, 3.05) is 18.8 Å². The number of hydrogen-bond acceptors (Lipinski definition) is 6. The molecular weight excluding hydrogens is 375 g/mol. The Kier molecular flexibility index (Phi) is 6.38. The summed E-state index contributed by atoms with van der Waals surface area (Å²) in [5.74, 6) is -2.71. The molecule has 1 aromatic rings. The van der Waals surface area contributed by atoms with Crippen LogP contribution in [0.25, 0.3) is 0 Å². The number of nitrogens with zero attached hydrogens (tertiary/aromatic N) is 1. The Morgan fingerprint density at radius 3 is 2.76 bits per heavy atom. The van der Waals surface area contributed by atoms with Crippen LogP contribution in [0.15, 0.2) is 18.2 Å². The first-order chi connectivity index (χ1) is 11.8. The Morgan fingerprint density at radius 1 is 1.44 bits per heavy atom. The molecule has 1 heterocycles. The van der Waals surface area contributed by atoms with E-state index in [1.54, 1.807) is 0 Å². The fourth-order valence-electron chi connectivity index (χ4n) is 1.96. The molecule has 2 rings (SSSR count). The van der Waals surface area contributed by atoms with Crippen LogP contribution in [0.2, 0.25) is 5.02 Å². The molecule has 25 heavy (non-hydrogen) atoms. The average molecular weight is 389 g/mol. The Bertz CT molecular complexity index is 714. The first-order valence-electron chi connectivity index (χ1n) is 7.20. The number of nitrogens with one attached hydrogen (secondary N) is 1. The summed E-state index contributed by atoms with van der Waals surface area (Å²) in [5, 5.41) is 2.21. The van der Waals surface area contributed by atoms with Crippen LogP contribution < -0.4 is 5.32 Å². The van der Waals surface area contributed by atoms with E-state index in [-0.39, 0.29) is 40.6 Å². The summed E-state index contributed by atoms with van der Waals surface area (Å²) < 4.78 is 18.5. The van der Waals surface area contributed by atoms with Gasteiger partial charge in [0, 0.05) is 18.1 Å². The Morgan fingerprint density at radius 2 is 2.16 bits per heavy atom. The molecule has 0 aliphatic carbocycles. The fourth-order valence-corrected chi connectivity index (χ4v) is 2.87. The zero-order valence-corrected chi connectivity index (χ0v) is 14.7. The number of benzene rings is 1. The number of rotatable bonds is 6. The zero-order chi connectivity index (χ0) is 18.6. The average Bonchev–Trinajstić information content (AvgIpc) is 2.86. The van der Waals surface area contributed by atoms with Crippen molar-refractivity contribution in [2.45, 2.75) is 13.0 Å². The molecule has 1 saturated heterocycles. The third-order valence-corrected chi connectivity index (χ3v) is 4.37. The van der Waals surface area contributed by atoms with Crippen LogP contribution in [0.4, 0.5) is 9.18 Å². The maximum Gasteiger partial charge on any atom is 0.341 e. The second kappa shape index (κ2) is 8.30. The van der Waals surface area contributed by atoms with Crippen molar-refractivity contribution in [3.8, 4) is 0 Å². The maximum absolute atomic E-state index is 13.6. The van der Waals surface area contributed by atoms with Crippen molar-refractivity contribution in [1.29, 1.82) is 0 Å². The van der Waals surface area contributed by atoms with Gasteiger partial charge in [0.25, 0.3) is 11.1 Å². The largest absolute Gasteiger partial charge is 0.449 e. The molecule has 3 amide bonds. The van der Waals surface area contributed by atoms with E-state index < -0.39 is 23.8 Å². The van der Waals surface area contributed by atoms with Crippen molar-refractivity contribution in [1.82, 2.24) is 10.2 Å². The quantitative estimate of drug-likeness (QED) is 0.747. The predicted octanol–water partition coefficient (Wildman–Crippen LogP) is 1.84. The molecule has 1 aliphatic heterocycles. The number of carbonyl (C=O) groups excluding carboxylic acids is 4. The van der Waals surface area contributed by atoms with E-state index >= 15 is 0 Å². The van der Waals surface area contributed by atoms with Crippen LogP contribution in [0.5, 0.6) is 0 Å². The van der Waals surface area contributed by atoms with E-state index in [2.05, 4.69) is 5.32 Å². The smallest absolute Gasteiger partial charge is 0.341 e. The highest BCUT2D eigenvalue weighted by molar-refractivity contribution is 8.14. The molecule has 0 spiro atoms. The molecule has 0 bridgehead atoms. The van der Waals surface area contributed by atoms with Crippen molar-refractivity contribution in [3.63, 3.8) is 0 Å². The number of halogens is 2. The van der Waals surface area contributed by atoms with Crippen LogP contribution in [0, 0.1) is 5.82 Å². The van der Waals surface area contributed by atoms with Crippen LogP contribution in [-0.4, -0.2) is 52.9 Å². The predicted molar refractivity (Wildman–Crippen MR) is 88.9 cm³/mol. The van der Waals surface area contributed by atoms with E-state index in [0.717, 1.165) is 28.8 Å². The van der Waals surface area contributed by atoms with Crippen molar-refractivity contribution < 1.29 is 28.3 Å². The molecule has 1 aliphatic rings. The van der Waals surface area contributed by atoms with E-state index in [1.807, 2.05) is 0 Å². The summed E-state index contributed by atoms with van der Waals surface area (Å²) in [5.41, 5.74) is -0.339. The highest BCUT2D eigenvalue weighted by Crippen LogP contribution is 2.18. The van der Waals surface area contributed by atoms with Gasteiger partial charge in [-0.3, -0.25) is 19.3 Å². The first-order valence-corrected chi connectivity index (χ1v) is 8.57. The van der Waals surface area contributed by atoms with Gasteiger partial charge in [-0.1, -0.05) is 23.4 Å². The van der Waals surface area contributed by atoms with Gasteiger partial charge in [0.2, 0.25) is 5.91 Å². The molecular formula is C15H14ClFN2O5S.